The first kappa shape index (κ1) is 21.1. The molecule has 9 heteroatoms. The molecule has 0 aromatic carbocycles. The van der Waals surface area contributed by atoms with E-state index in [9.17, 15) is 18.3 Å². The Hall–Kier alpha value is -2.13. The monoisotopic (exact) mass is 423 g/mol. The van der Waals surface area contributed by atoms with E-state index < -0.39 is 23.2 Å². The molecule has 3 atom stereocenters. The molecule has 1 saturated carbocycles. The van der Waals surface area contributed by atoms with Crippen LogP contribution in [0.5, 0.6) is 0 Å². The van der Waals surface area contributed by atoms with Crippen LogP contribution in [0.4, 0.5) is 19.0 Å². The number of alkyl halides is 3. The predicted molar refractivity (Wildman–Crippen MR) is 108 cm³/mol. The number of rotatable bonds is 5. The van der Waals surface area contributed by atoms with E-state index in [1.165, 1.54) is 6.20 Å². The molecule has 2 aromatic heterocycles. The van der Waals surface area contributed by atoms with Gasteiger partial charge in [0.2, 0.25) is 0 Å². The second-order valence-corrected chi connectivity index (χ2v) is 9.51. The van der Waals surface area contributed by atoms with Crippen molar-refractivity contribution >= 4 is 5.82 Å². The van der Waals surface area contributed by atoms with Gasteiger partial charge in [-0.2, -0.15) is 18.3 Å². The zero-order valence-corrected chi connectivity index (χ0v) is 17.6. The Morgan fingerprint density at radius 2 is 1.83 bits per heavy atom. The molecule has 1 aliphatic heterocycles. The highest BCUT2D eigenvalue weighted by molar-refractivity contribution is 5.63. The molecule has 6 nitrogen and oxygen atoms in total. The molecule has 3 heterocycles. The number of aliphatic hydroxyl groups is 1. The first-order valence-electron chi connectivity index (χ1n) is 10.2. The smallest absolute Gasteiger partial charge is 0.389 e. The quantitative estimate of drug-likeness (QED) is 0.769. The lowest BCUT2D eigenvalue weighted by atomic mass is 10.1. The van der Waals surface area contributed by atoms with Crippen LogP contribution in [-0.4, -0.2) is 50.0 Å². The van der Waals surface area contributed by atoms with Gasteiger partial charge in [-0.05, 0) is 51.7 Å². The summed E-state index contributed by atoms with van der Waals surface area (Å²) in [5.41, 5.74) is 5.62. The van der Waals surface area contributed by atoms with Gasteiger partial charge in [0.15, 0.2) is 0 Å². The molecule has 1 aliphatic carbocycles. The largest absolute Gasteiger partial charge is 0.419 e. The normalized spacial score (nSPS) is 24.5. The number of hydrogen-bond donors (Lipinski definition) is 2. The SMILES string of the molecule is CC(C)n1nc(-c2cnc(N)c(C(F)(F)F)c2)cc1[C@@H]1[C@@H]2CN(CC(C)(C)O)C[C@@H]21. The lowest BCUT2D eigenvalue weighted by Gasteiger charge is -2.27. The van der Waals surface area contributed by atoms with Crippen molar-refractivity contribution in [3.05, 3.63) is 29.6 Å². The Morgan fingerprint density at radius 3 is 2.37 bits per heavy atom. The maximum atomic E-state index is 13.2. The number of nitrogen functional groups attached to an aromatic ring is 1. The fourth-order valence-corrected chi connectivity index (χ4v) is 4.78. The summed E-state index contributed by atoms with van der Waals surface area (Å²) in [6.07, 6.45) is -3.21. The second-order valence-electron chi connectivity index (χ2n) is 9.51. The number of halogens is 3. The van der Waals surface area contributed by atoms with Crippen LogP contribution in [0.1, 0.15) is 50.9 Å². The molecule has 2 aliphatic rings. The van der Waals surface area contributed by atoms with E-state index in [4.69, 9.17) is 5.73 Å². The van der Waals surface area contributed by atoms with Gasteiger partial charge >= 0.3 is 6.18 Å². The molecule has 0 radical (unpaired) electrons. The van der Waals surface area contributed by atoms with Gasteiger partial charge in [0.25, 0.3) is 0 Å². The zero-order chi connectivity index (χ0) is 22.0. The number of hydrogen-bond acceptors (Lipinski definition) is 5. The van der Waals surface area contributed by atoms with Gasteiger partial charge in [-0.25, -0.2) is 4.98 Å². The minimum absolute atomic E-state index is 0.0892. The van der Waals surface area contributed by atoms with E-state index in [2.05, 4.69) is 15.0 Å². The first-order chi connectivity index (χ1) is 13.8. The van der Waals surface area contributed by atoms with Crippen molar-refractivity contribution in [3.63, 3.8) is 0 Å². The fraction of sp³-hybridized carbons (Fsp3) is 0.619. The molecule has 30 heavy (non-hydrogen) atoms. The maximum Gasteiger partial charge on any atom is 0.419 e. The lowest BCUT2D eigenvalue weighted by Crippen LogP contribution is -2.38. The maximum absolute atomic E-state index is 13.2. The van der Waals surface area contributed by atoms with Crippen molar-refractivity contribution in [1.82, 2.24) is 19.7 Å². The molecule has 0 bridgehead atoms. The van der Waals surface area contributed by atoms with Crippen molar-refractivity contribution in [3.8, 4) is 11.3 Å². The van der Waals surface area contributed by atoms with Gasteiger partial charge in [-0.15, -0.1) is 0 Å². The Balaban J connectivity index is 1.60. The summed E-state index contributed by atoms with van der Waals surface area (Å²) in [6.45, 7) is 10.1. The van der Waals surface area contributed by atoms with E-state index in [1.54, 1.807) is 0 Å². The van der Waals surface area contributed by atoms with Gasteiger partial charge in [-0.1, -0.05) is 0 Å². The van der Waals surface area contributed by atoms with Crippen LogP contribution < -0.4 is 5.73 Å². The highest BCUT2D eigenvalue weighted by atomic mass is 19.4. The van der Waals surface area contributed by atoms with Crippen molar-refractivity contribution < 1.29 is 18.3 Å². The van der Waals surface area contributed by atoms with Gasteiger partial charge in [0, 0.05) is 49.0 Å². The highest BCUT2D eigenvalue weighted by Crippen LogP contribution is 2.58. The molecule has 1 saturated heterocycles. The molecule has 2 aromatic rings. The molecular formula is C21H28F3N5O. The number of anilines is 1. The minimum Gasteiger partial charge on any atom is -0.389 e. The summed E-state index contributed by atoms with van der Waals surface area (Å²) in [5.74, 6) is 0.795. The molecule has 0 spiro atoms. The van der Waals surface area contributed by atoms with Gasteiger partial charge in [0.1, 0.15) is 5.82 Å². The van der Waals surface area contributed by atoms with Crippen LogP contribution in [0.15, 0.2) is 18.3 Å². The van der Waals surface area contributed by atoms with Gasteiger partial charge < -0.3 is 10.8 Å². The Labute approximate surface area is 173 Å². The number of nitrogens with zero attached hydrogens (tertiary/aromatic N) is 4. The molecule has 3 N–H and O–H groups in total. The van der Waals surface area contributed by atoms with Gasteiger partial charge in [-0.3, -0.25) is 9.58 Å². The van der Waals surface area contributed by atoms with E-state index in [0.29, 0.717) is 35.6 Å². The summed E-state index contributed by atoms with van der Waals surface area (Å²) in [6, 6.07) is 3.01. The highest BCUT2D eigenvalue weighted by Gasteiger charge is 2.57. The third-order valence-corrected chi connectivity index (χ3v) is 6.00. The van der Waals surface area contributed by atoms with E-state index in [1.807, 2.05) is 38.4 Å². The standard InChI is InChI=1S/C21H28F3N5O/c1-11(2)29-17(18-13-8-28(9-14(13)18)10-20(3,4)30)6-16(27-29)12-5-15(21(22,23)24)19(25)26-7-12/h5-7,11,13-14,18,30H,8-10H2,1-4H3,(H2,25,26)/t13-,14+,18-. The molecule has 0 amide bonds. The molecular weight excluding hydrogens is 395 g/mol. The Kier molecular flexibility index (Phi) is 4.89. The Bertz CT molecular complexity index is 935. The third-order valence-electron chi connectivity index (χ3n) is 6.00. The third kappa shape index (κ3) is 3.92. The summed E-state index contributed by atoms with van der Waals surface area (Å²) in [4.78, 5) is 6.03. The average Bonchev–Trinajstić information content (AvgIpc) is 2.95. The van der Waals surface area contributed by atoms with Crippen molar-refractivity contribution in [2.45, 2.75) is 51.4 Å². The van der Waals surface area contributed by atoms with Crippen LogP contribution in [0, 0.1) is 11.8 Å². The predicted octanol–water partition coefficient (Wildman–Crippen LogP) is 3.54. The molecule has 164 valence electrons. The fourth-order valence-electron chi connectivity index (χ4n) is 4.78. The van der Waals surface area contributed by atoms with Crippen LogP contribution in [0.2, 0.25) is 0 Å². The first-order valence-corrected chi connectivity index (χ1v) is 10.2. The topological polar surface area (TPSA) is 80.2 Å². The number of pyridine rings is 1. The summed E-state index contributed by atoms with van der Waals surface area (Å²) >= 11 is 0. The van der Waals surface area contributed by atoms with Crippen LogP contribution in [0.3, 0.4) is 0 Å². The summed E-state index contributed by atoms with van der Waals surface area (Å²) < 4.78 is 41.6. The number of aromatic nitrogens is 3. The zero-order valence-electron chi connectivity index (χ0n) is 17.6. The Morgan fingerprint density at radius 1 is 1.20 bits per heavy atom. The van der Waals surface area contributed by atoms with Crippen molar-refractivity contribution in [1.29, 1.82) is 0 Å². The van der Waals surface area contributed by atoms with E-state index in [0.717, 1.165) is 24.8 Å². The van der Waals surface area contributed by atoms with Crippen LogP contribution in [-0.2, 0) is 6.18 Å². The second kappa shape index (κ2) is 6.95. The summed E-state index contributed by atoms with van der Waals surface area (Å²) in [7, 11) is 0. The lowest BCUT2D eigenvalue weighted by molar-refractivity contribution is -0.137. The number of β-amino-alcohol motifs (C(OH)–C–C–N with tert-alkyl or cyclic N) is 1. The van der Waals surface area contributed by atoms with Crippen LogP contribution >= 0.6 is 0 Å². The van der Waals surface area contributed by atoms with E-state index >= 15 is 0 Å². The number of likely N-dealkylation sites (tertiary alicyclic amines) is 1. The number of fused-ring (bicyclic) bond motifs is 1. The number of piperidine rings is 1. The average molecular weight is 423 g/mol. The van der Waals surface area contributed by atoms with Crippen LogP contribution in [0.25, 0.3) is 11.3 Å². The summed E-state index contributed by atoms with van der Waals surface area (Å²) in [5, 5.41) is 14.7. The molecule has 0 unspecified atom stereocenters. The molecule has 2 fully saturated rings. The van der Waals surface area contributed by atoms with E-state index in [-0.39, 0.29) is 6.04 Å². The van der Waals surface area contributed by atoms with Crippen molar-refractivity contribution in [2.24, 2.45) is 11.8 Å². The number of nitrogens with two attached hydrogens (primary N) is 1. The molecule has 4 rings (SSSR count). The minimum atomic E-state index is -4.56. The van der Waals surface area contributed by atoms with Crippen molar-refractivity contribution in [2.75, 3.05) is 25.4 Å². The van der Waals surface area contributed by atoms with Gasteiger partial charge in [0.05, 0.1) is 16.9 Å².